The highest BCUT2D eigenvalue weighted by Crippen LogP contribution is 2.32. The van der Waals surface area contributed by atoms with E-state index in [0.29, 0.717) is 38.0 Å². The molecule has 1 fully saturated rings. The molecule has 1 heterocycles. The fraction of sp³-hybridized carbons (Fsp3) is 0.423. The van der Waals surface area contributed by atoms with E-state index >= 15 is 0 Å². The third kappa shape index (κ3) is 5.87. The number of carboxylic acid groups (broad SMARTS) is 1. The number of fused-ring (bicyclic) bond motifs is 1. The first-order valence-corrected chi connectivity index (χ1v) is 11.8. The largest absolute Gasteiger partial charge is 0.481 e. The molecule has 0 bridgehead atoms. The van der Waals surface area contributed by atoms with Crippen molar-refractivity contribution in [3.63, 3.8) is 0 Å². The van der Waals surface area contributed by atoms with Crippen molar-refractivity contribution >= 4 is 29.5 Å². The molecule has 4 rings (SSSR count). The lowest BCUT2D eigenvalue weighted by atomic mass is 9.80. The molecule has 34 heavy (non-hydrogen) atoms. The van der Waals surface area contributed by atoms with Crippen LogP contribution in [0.2, 0.25) is 0 Å². The number of hydrogen-bond donors (Lipinski definition) is 3. The predicted octanol–water partition coefficient (Wildman–Crippen LogP) is 5.10. The van der Waals surface area contributed by atoms with Gasteiger partial charge in [0.1, 0.15) is 6.10 Å². The third-order valence-electron chi connectivity index (χ3n) is 6.85. The van der Waals surface area contributed by atoms with Gasteiger partial charge in [-0.3, -0.25) is 4.79 Å². The Kier molecular flexibility index (Phi) is 7.35. The number of amides is 3. The average molecular weight is 466 g/mol. The quantitative estimate of drug-likeness (QED) is 0.569. The number of nitrogens with zero attached hydrogens (tertiary/aromatic N) is 1. The van der Waals surface area contributed by atoms with Crippen LogP contribution in [0.15, 0.2) is 48.5 Å². The molecule has 3 N–H and O–H groups in total. The maximum absolute atomic E-state index is 12.7. The molecule has 1 saturated carbocycles. The zero-order chi connectivity index (χ0) is 24.1. The Morgan fingerprint density at radius 1 is 0.971 bits per heavy atom. The van der Waals surface area contributed by atoms with Gasteiger partial charge in [0.15, 0.2) is 0 Å². The Balaban J connectivity index is 1.27. The molecular weight excluding hydrogens is 434 g/mol. The molecule has 2 aromatic carbocycles. The van der Waals surface area contributed by atoms with E-state index in [-0.39, 0.29) is 30.1 Å². The highest BCUT2D eigenvalue weighted by Gasteiger charge is 2.31. The first-order chi connectivity index (χ1) is 16.4. The van der Waals surface area contributed by atoms with Crippen LogP contribution in [0.3, 0.4) is 0 Å². The molecule has 0 aromatic heterocycles. The van der Waals surface area contributed by atoms with Gasteiger partial charge in [-0.2, -0.15) is 0 Å². The number of benzene rings is 2. The van der Waals surface area contributed by atoms with E-state index in [1.807, 2.05) is 48.5 Å². The molecule has 0 radical (unpaired) electrons. The van der Waals surface area contributed by atoms with E-state index < -0.39 is 5.97 Å². The number of para-hydroxylation sites is 1. The van der Waals surface area contributed by atoms with Gasteiger partial charge in [0.2, 0.25) is 0 Å². The van der Waals surface area contributed by atoms with Crippen molar-refractivity contribution in [2.75, 3.05) is 17.2 Å². The zero-order valence-corrected chi connectivity index (χ0v) is 19.3. The summed E-state index contributed by atoms with van der Waals surface area (Å²) in [5, 5.41) is 14.9. The van der Waals surface area contributed by atoms with Crippen LogP contribution in [0.5, 0.6) is 0 Å². The minimum Gasteiger partial charge on any atom is -0.481 e. The van der Waals surface area contributed by atoms with Crippen LogP contribution in [0.4, 0.5) is 21.0 Å². The normalized spacial score (nSPS) is 20.6. The minimum atomic E-state index is -0.761. The summed E-state index contributed by atoms with van der Waals surface area (Å²) < 4.78 is 5.74. The second kappa shape index (κ2) is 10.6. The van der Waals surface area contributed by atoms with E-state index in [1.165, 1.54) is 0 Å². The molecule has 1 unspecified atom stereocenters. The molecule has 180 valence electrons. The molecule has 2 aliphatic rings. The van der Waals surface area contributed by atoms with Gasteiger partial charge in [0.05, 0.1) is 5.92 Å². The molecule has 1 aliphatic carbocycles. The maximum atomic E-state index is 12.7. The number of carbonyl (C=O) groups is 3. The Labute approximate surface area is 199 Å². The van der Waals surface area contributed by atoms with E-state index in [0.717, 1.165) is 29.7 Å². The topological polar surface area (TPSA) is 108 Å². The maximum Gasteiger partial charge on any atom is 0.410 e. The Bertz CT molecular complexity index is 1030. The van der Waals surface area contributed by atoms with Crippen molar-refractivity contribution in [3.05, 3.63) is 59.7 Å². The van der Waals surface area contributed by atoms with Crippen LogP contribution < -0.4 is 10.6 Å². The number of nitrogens with one attached hydrogen (secondary N) is 2. The third-order valence-corrected chi connectivity index (χ3v) is 6.85. The SMILES string of the molecule is CC(C(=O)O)C1CCC(OC(=O)N2CCc3cc(NC(=O)Nc4ccccc4)ccc3C2)CC1. The van der Waals surface area contributed by atoms with E-state index in [9.17, 15) is 19.5 Å². The Morgan fingerprint density at radius 2 is 1.68 bits per heavy atom. The summed E-state index contributed by atoms with van der Waals surface area (Å²) in [6.45, 7) is 2.77. The molecule has 8 nitrogen and oxygen atoms in total. The highest BCUT2D eigenvalue weighted by atomic mass is 16.6. The van der Waals surface area contributed by atoms with Gasteiger partial charge in [-0.25, -0.2) is 9.59 Å². The van der Waals surface area contributed by atoms with Crippen LogP contribution in [0.25, 0.3) is 0 Å². The number of hydrogen-bond acceptors (Lipinski definition) is 4. The second-order valence-electron chi connectivity index (χ2n) is 9.15. The van der Waals surface area contributed by atoms with Gasteiger partial charge in [0, 0.05) is 24.5 Å². The lowest BCUT2D eigenvalue weighted by Gasteiger charge is -2.33. The van der Waals surface area contributed by atoms with Crippen LogP contribution in [-0.4, -0.2) is 40.7 Å². The molecule has 1 aliphatic heterocycles. The summed E-state index contributed by atoms with van der Waals surface area (Å²) in [7, 11) is 0. The second-order valence-corrected chi connectivity index (χ2v) is 9.15. The van der Waals surface area contributed by atoms with Gasteiger partial charge in [-0.05, 0) is 73.4 Å². The number of carbonyl (C=O) groups excluding carboxylic acids is 2. The molecular formula is C26H31N3O5. The van der Waals surface area contributed by atoms with Gasteiger partial charge < -0.3 is 25.4 Å². The summed E-state index contributed by atoms with van der Waals surface area (Å²) in [5.41, 5.74) is 3.56. The molecule has 1 atom stereocenters. The van der Waals surface area contributed by atoms with Gasteiger partial charge in [0.25, 0.3) is 0 Å². The number of rotatable bonds is 5. The average Bonchev–Trinajstić information content (AvgIpc) is 2.84. The Hall–Kier alpha value is -3.55. The van der Waals surface area contributed by atoms with E-state index in [2.05, 4.69) is 10.6 Å². The first kappa shape index (κ1) is 23.6. The first-order valence-electron chi connectivity index (χ1n) is 11.8. The molecule has 0 saturated heterocycles. The van der Waals surface area contributed by atoms with Crippen molar-refractivity contribution in [2.45, 2.75) is 51.7 Å². The lowest BCUT2D eigenvalue weighted by Crippen LogP contribution is -2.39. The number of ether oxygens (including phenoxy) is 1. The van der Waals surface area contributed by atoms with Gasteiger partial charge >= 0.3 is 18.1 Å². The number of anilines is 2. The van der Waals surface area contributed by atoms with Crippen molar-refractivity contribution < 1.29 is 24.2 Å². The highest BCUT2D eigenvalue weighted by molar-refractivity contribution is 5.99. The van der Waals surface area contributed by atoms with Crippen molar-refractivity contribution in [1.82, 2.24) is 4.90 Å². The van der Waals surface area contributed by atoms with Gasteiger partial charge in [-0.15, -0.1) is 0 Å². The molecule has 0 spiro atoms. The predicted molar refractivity (Wildman–Crippen MR) is 129 cm³/mol. The molecule has 2 aromatic rings. The monoisotopic (exact) mass is 465 g/mol. The van der Waals surface area contributed by atoms with Crippen LogP contribution in [-0.2, 0) is 22.5 Å². The number of carboxylic acids is 1. The van der Waals surface area contributed by atoms with Gasteiger partial charge in [-0.1, -0.05) is 31.2 Å². The number of urea groups is 1. The minimum absolute atomic E-state index is 0.145. The summed E-state index contributed by atoms with van der Waals surface area (Å²) in [4.78, 5) is 37.9. The summed E-state index contributed by atoms with van der Waals surface area (Å²) in [5.74, 6) is -0.978. The van der Waals surface area contributed by atoms with Crippen molar-refractivity contribution in [3.8, 4) is 0 Å². The van der Waals surface area contributed by atoms with Crippen molar-refractivity contribution in [2.24, 2.45) is 11.8 Å². The molecule has 3 amide bonds. The lowest BCUT2D eigenvalue weighted by molar-refractivity contribution is -0.143. The fourth-order valence-corrected chi connectivity index (χ4v) is 4.73. The van der Waals surface area contributed by atoms with E-state index in [4.69, 9.17) is 4.74 Å². The van der Waals surface area contributed by atoms with Crippen LogP contribution in [0.1, 0.15) is 43.7 Å². The Morgan fingerprint density at radius 3 is 2.38 bits per heavy atom. The fourth-order valence-electron chi connectivity index (χ4n) is 4.73. The number of aliphatic carboxylic acids is 1. The summed E-state index contributed by atoms with van der Waals surface area (Å²) in [6.07, 6.45) is 3.16. The van der Waals surface area contributed by atoms with Crippen molar-refractivity contribution in [1.29, 1.82) is 0 Å². The van der Waals surface area contributed by atoms with E-state index in [1.54, 1.807) is 11.8 Å². The standard InChI is InChI=1S/C26H31N3O5/c1-17(24(30)31)18-8-11-23(12-9-18)34-26(33)29-14-13-19-15-22(10-7-20(19)16-29)28-25(32)27-21-5-3-2-4-6-21/h2-7,10,15,17-18,23H,8-9,11-14,16H2,1H3,(H,30,31)(H2,27,28,32). The smallest absolute Gasteiger partial charge is 0.410 e. The van der Waals surface area contributed by atoms with Crippen LogP contribution in [0, 0.1) is 11.8 Å². The summed E-state index contributed by atoms with van der Waals surface area (Å²) >= 11 is 0. The molecule has 8 heteroatoms. The zero-order valence-electron chi connectivity index (χ0n) is 19.3. The summed E-state index contributed by atoms with van der Waals surface area (Å²) in [6, 6.07) is 14.7. The van der Waals surface area contributed by atoms with Crippen LogP contribution >= 0.6 is 0 Å².